The standard InChI is InChI=1S/C26H42N4O7/c1-12-5-6-17-24(2,3)20(29-30-23(27)35)16(36-8-7-31)11-26(17)25(12,4)10-14-15(32)9-13-18(19(14)37-26)22(34)28-21(13)33/h12-19,22,31-32,34H,5-11H2,1-4H3,(H,28,33)(H3,27,30,35). The van der Waals surface area contributed by atoms with E-state index in [1.54, 1.807) is 0 Å². The fourth-order valence-electron chi connectivity index (χ4n) is 8.88. The summed E-state index contributed by atoms with van der Waals surface area (Å²) in [6.45, 7) is 8.57. The van der Waals surface area contributed by atoms with E-state index in [4.69, 9.17) is 15.2 Å². The molecule has 11 heteroatoms. The number of amides is 3. The topological polar surface area (TPSA) is 176 Å². The highest BCUT2D eigenvalue weighted by molar-refractivity contribution is 5.96. The van der Waals surface area contributed by atoms with E-state index in [0.29, 0.717) is 30.9 Å². The number of fused-ring (bicyclic) bond motifs is 3. The number of nitrogens with zero attached hydrogens (tertiary/aromatic N) is 1. The fourth-order valence-corrected chi connectivity index (χ4v) is 8.88. The SMILES string of the molecule is CC1CCC2C(C)(C)C(=NNC(N)=O)C(OCCO)CC23OC2C(CC13C)C(O)CC1C(=O)NC(O)C12. The first-order valence-corrected chi connectivity index (χ1v) is 13.6. The summed E-state index contributed by atoms with van der Waals surface area (Å²) >= 11 is 0. The highest BCUT2D eigenvalue weighted by atomic mass is 16.5. The first kappa shape index (κ1) is 26.8. The van der Waals surface area contributed by atoms with E-state index in [9.17, 15) is 24.9 Å². The number of aliphatic hydroxyl groups is 3. The number of hydrogen-bond acceptors (Lipinski definition) is 8. The third-order valence-corrected chi connectivity index (χ3v) is 10.8. The van der Waals surface area contributed by atoms with Gasteiger partial charge in [-0.1, -0.05) is 27.7 Å². The van der Waals surface area contributed by atoms with Gasteiger partial charge in [0.05, 0.1) is 42.7 Å². The van der Waals surface area contributed by atoms with E-state index in [1.807, 2.05) is 0 Å². The number of carbonyl (C=O) groups excluding carboxylic acids is 2. The molecule has 0 bridgehead atoms. The van der Waals surface area contributed by atoms with Gasteiger partial charge in [-0.2, -0.15) is 5.10 Å². The molecule has 3 aliphatic carbocycles. The van der Waals surface area contributed by atoms with Crippen LogP contribution in [0.2, 0.25) is 0 Å². The van der Waals surface area contributed by atoms with Gasteiger partial charge < -0.3 is 35.8 Å². The number of aliphatic hydroxyl groups excluding tert-OH is 3. The number of hydrazone groups is 1. The number of nitrogens with two attached hydrogens (primary N) is 1. The first-order valence-electron chi connectivity index (χ1n) is 13.6. The molecule has 11 nitrogen and oxygen atoms in total. The minimum Gasteiger partial charge on any atom is -0.394 e. The van der Waals surface area contributed by atoms with Gasteiger partial charge in [-0.25, -0.2) is 10.2 Å². The largest absolute Gasteiger partial charge is 0.394 e. The minimum absolute atomic E-state index is 0.00993. The van der Waals surface area contributed by atoms with E-state index >= 15 is 0 Å². The molecule has 5 rings (SSSR count). The molecule has 0 aromatic heterocycles. The van der Waals surface area contributed by atoms with Crippen molar-refractivity contribution < 1.29 is 34.4 Å². The van der Waals surface area contributed by atoms with E-state index in [2.05, 4.69) is 43.5 Å². The number of primary amides is 1. The summed E-state index contributed by atoms with van der Waals surface area (Å²) in [6.07, 6.45) is 0.527. The van der Waals surface area contributed by atoms with Gasteiger partial charge in [0.25, 0.3) is 0 Å². The van der Waals surface area contributed by atoms with Gasteiger partial charge >= 0.3 is 6.03 Å². The van der Waals surface area contributed by atoms with Crippen molar-refractivity contribution in [2.45, 2.75) is 89.9 Å². The number of urea groups is 1. The van der Waals surface area contributed by atoms with E-state index in [1.165, 1.54) is 0 Å². The van der Waals surface area contributed by atoms with Crippen LogP contribution in [0.3, 0.4) is 0 Å². The Morgan fingerprint density at radius 3 is 2.68 bits per heavy atom. The Labute approximate surface area is 217 Å². The van der Waals surface area contributed by atoms with Crippen molar-refractivity contribution in [3.63, 3.8) is 0 Å². The van der Waals surface area contributed by atoms with Crippen LogP contribution in [-0.2, 0) is 14.3 Å². The molecule has 11 unspecified atom stereocenters. The van der Waals surface area contributed by atoms with Crippen LogP contribution in [0.15, 0.2) is 5.10 Å². The second kappa shape index (κ2) is 9.15. The van der Waals surface area contributed by atoms with Crippen LogP contribution in [0.1, 0.15) is 59.8 Å². The third kappa shape index (κ3) is 3.83. The predicted octanol–water partition coefficient (Wildman–Crippen LogP) is 0.460. The molecular weight excluding hydrogens is 480 g/mol. The highest BCUT2D eigenvalue weighted by Crippen LogP contribution is 2.68. The lowest BCUT2D eigenvalue weighted by molar-refractivity contribution is -0.329. The summed E-state index contributed by atoms with van der Waals surface area (Å²) in [5.41, 5.74) is 6.78. The second-order valence-corrected chi connectivity index (χ2v) is 12.7. The van der Waals surface area contributed by atoms with Gasteiger partial charge in [0, 0.05) is 29.1 Å². The molecule has 208 valence electrons. The Hall–Kier alpha value is -1.79. The van der Waals surface area contributed by atoms with Crippen molar-refractivity contribution in [3.05, 3.63) is 0 Å². The van der Waals surface area contributed by atoms with E-state index in [0.717, 1.165) is 12.8 Å². The summed E-state index contributed by atoms with van der Waals surface area (Å²) in [5.74, 6) is -1.10. The van der Waals surface area contributed by atoms with Gasteiger partial charge in [0.15, 0.2) is 0 Å². The Morgan fingerprint density at radius 2 is 2.00 bits per heavy atom. The van der Waals surface area contributed by atoms with E-state index in [-0.39, 0.29) is 36.4 Å². The normalized spacial score (nSPS) is 49.3. The maximum Gasteiger partial charge on any atom is 0.332 e. The number of nitrogens with one attached hydrogen (secondary N) is 2. The lowest BCUT2D eigenvalue weighted by Crippen LogP contribution is -2.74. The predicted molar refractivity (Wildman–Crippen MR) is 133 cm³/mol. The van der Waals surface area contributed by atoms with Crippen molar-refractivity contribution in [1.82, 2.24) is 10.7 Å². The van der Waals surface area contributed by atoms with Crippen LogP contribution in [0.25, 0.3) is 0 Å². The van der Waals surface area contributed by atoms with Crippen molar-refractivity contribution in [3.8, 4) is 0 Å². The zero-order valence-electron chi connectivity index (χ0n) is 22.1. The summed E-state index contributed by atoms with van der Waals surface area (Å²) in [4.78, 5) is 24.2. The van der Waals surface area contributed by atoms with Crippen LogP contribution in [0, 0.1) is 40.4 Å². The van der Waals surface area contributed by atoms with Crippen molar-refractivity contribution >= 4 is 17.6 Å². The number of rotatable bonds is 4. The molecule has 2 saturated heterocycles. The molecule has 3 saturated carbocycles. The minimum atomic E-state index is -1.02. The zero-order valence-corrected chi connectivity index (χ0v) is 22.1. The molecular formula is C26H42N4O7. The molecule has 7 N–H and O–H groups in total. The Morgan fingerprint density at radius 1 is 1.27 bits per heavy atom. The Balaban J connectivity index is 1.62. The van der Waals surface area contributed by atoms with Crippen molar-refractivity contribution in [1.29, 1.82) is 0 Å². The quantitative estimate of drug-likeness (QED) is 0.291. The molecule has 2 heterocycles. The molecule has 1 spiro atoms. The van der Waals surface area contributed by atoms with Crippen molar-refractivity contribution in [2.24, 2.45) is 51.3 Å². The molecule has 0 radical (unpaired) electrons. The Bertz CT molecular complexity index is 975. The number of hydrogen-bond donors (Lipinski definition) is 6. The molecule has 0 aromatic rings. The summed E-state index contributed by atoms with van der Waals surface area (Å²) in [5, 5.41) is 38.7. The van der Waals surface area contributed by atoms with Crippen LogP contribution < -0.4 is 16.5 Å². The lowest BCUT2D eigenvalue weighted by Gasteiger charge is -2.70. The molecule has 3 amide bonds. The van der Waals surface area contributed by atoms with Gasteiger partial charge in [0.1, 0.15) is 12.3 Å². The summed E-state index contributed by atoms with van der Waals surface area (Å²) in [6, 6.07) is -0.766. The molecule has 5 fully saturated rings. The molecule has 11 atom stereocenters. The van der Waals surface area contributed by atoms with Gasteiger partial charge in [-0.3, -0.25) is 4.79 Å². The zero-order chi connectivity index (χ0) is 26.9. The highest BCUT2D eigenvalue weighted by Gasteiger charge is 2.72. The third-order valence-electron chi connectivity index (χ3n) is 10.8. The average Bonchev–Trinajstić information content (AvgIpc) is 3.09. The van der Waals surface area contributed by atoms with Gasteiger partial charge in [-0.15, -0.1) is 0 Å². The summed E-state index contributed by atoms with van der Waals surface area (Å²) in [7, 11) is 0. The molecule has 2 aliphatic heterocycles. The molecule has 37 heavy (non-hydrogen) atoms. The molecule has 5 aliphatic rings. The first-order chi connectivity index (χ1) is 17.4. The second-order valence-electron chi connectivity index (χ2n) is 12.7. The molecule has 0 aromatic carbocycles. The maximum absolute atomic E-state index is 12.6. The smallest absolute Gasteiger partial charge is 0.332 e. The van der Waals surface area contributed by atoms with Crippen molar-refractivity contribution in [2.75, 3.05) is 13.2 Å². The maximum atomic E-state index is 12.6. The number of ether oxygens (including phenoxy) is 2. The lowest BCUT2D eigenvalue weighted by atomic mass is 9.42. The average molecular weight is 523 g/mol. The van der Waals surface area contributed by atoms with Crippen LogP contribution >= 0.6 is 0 Å². The van der Waals surface area contributed by atoms with Crippen LogP contribution in [0.4, 0.5) is 4.79 Å². The summed E-state index contributed by atoms with van der Waals surface area (Å²) < 4.78 is 13.4. The monoisotopic (exact) mass is 522 g/mol. The number of carbonyl (C=O) groups is 2. The van der Waals surface area contributed by atoms with E-state index < -0.39 is 53.4 Å². The van der Waals surface area contributed by atoms with Gasteiger partial charge in [-0.05, 0) is 37.5 Å². The Kier molecular flexibility index (Phi) is 6.63. The van der Waals surface area contributed by atoms with Crippen LogP contribution in [0.5, 0.6) is 0 Å². The van der Waals surface area contributed by atoms with Gasteiger partial charge in [0.2, 0.25) is 5.91 Å². The fraction of sp³-hybridized carbons (Fsp3) is 0.885. The van der Waals surface area contributed by atoms with Crippen LogP contribution in [-0.4, -0.2) is 76.3 Å².